The number of ether oxygens (including phenoxy) is 1. The van der Waals surface area contributed by atoms with Crippen LogP contribution in [0.1, 0.15) is 24.0 Å². The monoisotopic (exact) mass is 264 g/mol. The van der Waals surface area contributed by atoms with Gasteiger partial charge in [-0.3, -0.25) is 0 Å². The highest BCUT2D eigenvalue weighted by atomic mass is 32.1. The predicted molar refractivity (Wildman–Crippen MR) is 79.1 cm³/mol. The lowest BCUT2D eigenvalue weighted by Crippen LogP contribution is -2.12. The molecule has 0 amide bonds. The molecule has 1 aromatic carbocycles. The van der Waals surface area contributed by atoms with Gasteiger partial charge in [-0.2, -0.15) is 0 Å². The summed E-state index contributed by atoms with van der Waals surface area (Å²) in [6.45, 7) is 4.86. The second-order valence-corrected chi connectivity index (χ2v) is 5.28. The zero-order chi connectivity index (χ0) is 13.0. The summed E-state index contributed by atoms with van der Waals surface area (Å²) in [7, 11) is 0. The number of aryl methyl sites for hydroxylation is 1. The van der Waals surface area contributed by atoms with Crippen molar-refractivity contribution >= 4 is 22.9 Å². The maximum Gasteiger partial charge on any atom is 0.104 e. The number of anilines is 1. The molecular weight excluding hydrogens is 244 g/mol. The van der Waals surface area contributed by atoms with Crippen molar-refractivity contribution in [3.05, 3.63) is 29.3 Å². The minimum absolute atomic E-state index is 0.460. The first-order valence-electron chi connectivity index (χ1n) is 6.39. The first-order chi connectivity index (χ1) is 8.66. The third-order valence-corrected chi connectivity index (χ3v) is 3.62. The van der Waals surface area contributed by atoms with E-state index in [1.165, 1.54) is 6.42 Å². The summed E-state index contributed by atoms with van der Waals surface area (Å²) in [5.41, 5.74) is 8.86. The maximum atomic E-state index is 5.64. The van der Waals surface area contributed by atoms with Gasteiger partial charge < -0.3 is 15.8 Å². The predicted octanol–water partition coefficient (Wildman–Crippen LogP) is 2.47. The largest absolute Gasteiger partial charge is 0.389 e. The zero-order valence-electron chi connectivity index (χ0n) is 10.7. The van der Waals surface area contributed by atoms with Crippen LogP contribution in [0, 0.1) is 12.8 Å². The quantitative estimate of drug-likeness (QED) is 0.802. The summed E-state index contributed by atoms with van der Waals surface area (Å²) in [5, 5.41) is 3.44. The van der Waals surface area contributed by atoms with Crippen LogP contribution >= 0.6 is 12.2 Å². The number of thiocarbonyl (C=S) groups is 1. The number of hydrogen-bond acceptors (Lipinski definition) is 3. The van der Waals surface area contributed by atoms with Crippen LogP contribution in [0.2, 0.25) is 0 Å². The molecule has 0 radical (unpaired) electrons. The van der Waals surface area contributed by atoms with Crippen LogP contribution in [0.25, 0.3) is 0 Å². The van der Waals surface area contributed by atoms with Crippen molar-refractivity contribution < 1.29 is 4.74 Å². The topological polar surface area (TPSA) is 47.3 Å². The van der Waals surface area contributed by atoms with Crippen LogP contribution in [0.4, 0.5) is 5.69 Å². The lowest BCUT2D eigenvalue weighted by atomic mass is 10.0. The van der Waals surface area contributed by atoms with Crippen molar-refractivity contribution in [2.24, 2.45) is 11.7 Å². The first-order valence-corrected chi connectivity index (χ1v) is 6.79. The summed E-state index contributed by atoms with van der Waals surface area (Å²) >= 11 is 5.00. The average Bonchev–Trinajstić information content (AvgIpc) is 2.81. The standard InChI is InChI=1S/C14H20N2OS/c1-10-8-12(2-3-13(10)14(15)18)16-6-4-11-5-7-17-9-11/h2-3,8,11,16H,4-7,9H2,1H3,(H2,15,18). The molecule has 1 atom stereocenters. The Balaban J connectivity index is 1.85. The molecule has 1 heterocycles. The van der Waals surface area contributed by atoms with E-state index in [9.17, 15) is 0 Å². The van der Waals surface area contributed by atoms with E-state index >= 15 is 0 Å². The molecule has 3 nitrogen and oxygen atoms in total. The summed E-state index contributed by atoms with van der Waals surface area (Å²) in [6, 6.07) is 6.12. The molecule has 3 N–H and O–H groups in total. The minimum Gasteiger partial charge on any atom is -0.389 e. The van der Waals surface area contributed by atoms with Gasteiger partial charge in [0.05, 0.1) is 0 Å². The highest BCUT2D eigenvalue weighted by Gasteiger charge is 2.14. The van der Waals surface area contributed by atoms with Crippen LogP contribution < -0.4 is 11.1 Å². The molecule has 1 fully saturated rings. The van der Waals surface area contributed by atoms with E-state index in [0.717, 1.165) is 48.9 Å². The molecule has 1 saturated heterocycles. The average molecular weight is 264 g/mol. The van der Waals surface area contributed by atoms with Gasteiger partial charge in [0.1, 0.15) is 4.99 Å². The Hall–Kier alpha value is -1.13. The second kappa shape index (κ2) is 6.16. The molecule has 0 spiro atoms. The Labute approximate surface area is 114 Å². The highest BCUT2D eigenvalue weighted by Crippen LogP contribution is 2.18. The Bertz CT molecular complexity index is 428. The third kappa shape index (κ3) is 3.43. The molecule has 18 heavy (non-hydrogen) atoms. The Kier molecular flexibility index (Phi) is 4.55. The van der Waals surface area contributed by atoms with Crippen molar-refractivity contribution in [2.75, 3.05) is 25.1 Å². The Morgan fingerprint density at radius 2 is 2.39 bits per heavy atom. The Morgan fingerprint density at radius 3 is 3.00 bits per heavy atom. The van der Waals surface area contributed by atoms with Gasteiger partial charge in [-0.05, 0) is 49.4 Å². The molecule has 2 rings (SSSR count). The van der Waals surface area contributed by atoms with Gasteiger partial charge in [0.2, 0.25) is 0 Å². The van der Waals surface area contributed by atoms with E-state index in [-0.39, 0.29) is 0 Å². The van der Waals surface area contributed by atoms with E-state index in [2.05, 4.69) is 11.4 Å². The van der Waals surface area contributed by atoms with Gasteiger partial charge in [0, 0.05) is 31.0 Å². The van der Waals surface area contributed by atoms with Gasteiger partial charge >= 0.3 is 0 Å². The molecule has 1 aliphatic heterocycles. The summed E-state index contributed by atoms with van der Waals surface area (Å²) < 4.78 is 5.37. The molecular formula is C14H20N2OS. The normalized spacial score (nSPS) is 18.8. The van der Waals surface area contributed by atoms with Crippen molar-refractivity contribution in [1.29, 1.82) is 0 Å². The number of benzene rings is 1. The van der Waals surface area contributed by atoms with Crippen molar-refractivity contribution in [2.45, 2.75) is 19.8 Å². The zero-order valence-corrected chi connectivity index (χ0v) is 11.6. The smallest absolute Gasteiger partial charge is 0.104 e. The Morgan fingerprint density at radius 1 is 1.56 bits per heavy atom. The minimum atomic E-state index is 0.460. The van der Waals surface area contributed by atoms with Gasteiger partial charge in [0.15, 0.2) is 0 Å². The van der Waals surface area contributed by atoms with Crippen molar-refractivity contribution in [1.82, 2.24) is 0 Å². The fourth-order valence-corrected chi connectivity index (χ4v) is 2.51. The maximum absolute atomic E-state index is 5.64. The van der Waals surface area contributed by atoms with E-state index in [4.69, 9.17) is 22.7 Å². The molecule has 4 heteroatoms. The molecule has 0 saturated carbocycles. The SMILES string of the molecule is Cc1cc(NCCC2CCOC2)ccc1C(N)=S. The number of nitrogens with two attached hydrogens (primary N) is 1. The molecule has 0 bridgehead atoms. The van der Waals surface area contributed by atoms with E-state index in [1.54, 1.807) is 0 Å². The molecule has 0 aromatic heterocycles. The summed E-state index contributed by atoms with van der Waals surface area (Å²) in [6.07, 6.45) is 2.36. The summed E-state index contributed by atoms with van der Waals surface area (Å²) in [4.78, 5) is 0.460. The van der Waals surface area contributed by atoms with Gasteiger partial charge in [-0.1, -0.05) is 12.2 Å². The van der Waals surface area contributed by atoms with Crippen molar-refractivity contribution in [3.8, 4) is 0 Å². The first kappa shape index (κ1) is 13.3. The fraction of sp³-hybridized carbons (Fsp3) is 0.500. The lowest BCUT2D eigenvalue weighted by Gasteiger charge is -2.11. The lowest BCUT2D eigenvalue weighted by molar-refractivity contribution is 0.185. The fourth-order valence-electron chi connectivity index (χ4n) is 2.28. The number of rotatable bonds is 5. The van der Waals surface area contributed by atoms with Gasteiger partial charge in [-0.15, -0.1) is 0 Å². The number of nitrogens with one attached hydrogen (secondary N) is 1. The van der Waals surface area contributed by atoms with Crippen LogP contribution in [0.5, 0.6) is 0 Å². The van der Waals surface area contributed by atoms with Gasteiger partial charge in [-0.25, -0.2) is 0 Å². The van der Waals surface area contributed by atoms with E-state index in [1.807, 2.05) is 19.1 Å². The van der Waals surface area contributed by atoms with Crippen LogP contribution in [-0.2, 0) is 4.74 Å². The van der Waals surface area contributed by atoms with Crippen LogP contribution in [-0.4, -0.2) is 24.7 Å². The molecule has 0 aliphatic carbocycles. The van der Waals surface area contributed by atoms with Crippen molar-refractivity contribution in [3.63, 3.8) is 0 Å². The third-order valence-electron chi connectivity index (χ3n) is 3.40. The van der Waals surface area contributed by atoms with E-state index < -0.39 is 0 Å². The molecule has 1 unspecified atom stereocenters. The van der Waals surface area contributed by atoms with E-state index in [0.29, 0.717) is 4.99 Å². The molecule has 98 valence electrons. The molecule has 1 aromatic rings. The highest BCUT2D eigenvalue weighted by molar-refractivity contribution is 7.80. The summed E-state index contributed by atoms with van der Waals surface area (Å²) in [5.74, 6) is 0.717. The van der Waals surface area contributed by atoms with Gasteiger partial charge in [0.25, 0.3) is 0 Å². The van der Waals surface area contributed by atoms with Crippen LogP contribution in [0.3, 0.4) is 0 Å². The molecule has 1 aliphatic rings. The van der Waals surface area contributed by atoms with Crippen LogP contribution in [0.15, 0.2) is 18.2 Å². The number of hydrogen-bond donors (Lipinski definition) is 2. The second-order valence-electron chi connectivity index (χ2n) is 4.84.